The minimum atomic E-state index is -0.492. The van der Waals surface area contributed by atoms with Gasteiger partial charge in [0, 0.05) is 17.5 Å². The number of nitro groups is 1. The van der Waals surface area contributed by atoms with Crippen LogP contribution in [-0.4, -0.2) is 24.5 Å². The standard InChI is InChI=1S/C14H21N3O4/c1-14(2,13(15)16)7-4-8-21-12-9-10(20-3)5-6-11(12)17(18)19/h5-6,9H,4,7-8H2,1-3H3,(H3,15,16). The summed E-state index contributed by atoms with van der Waals surface area (Å²) in [7, 11) is 1.49. The minimum absolute atomic E-state index is 0.0957. The molecule has 7 heteroatoms. The molecule has 0 aromatic heterocycles. The van der Waals surface area contributed by atoms with E-state index in [-0.39, 0.29) is 17.3 Å². The summed E-state index contributed by atoms with van der Waals surface area (Å²) < 4.78 is 10.5. The van der Waals surface area contributed by atoms with Gasteiger partial charge in [-0.25, -0.2) is 0 Å². The van der Waals surface area contributed by atoms with Gasteiger partial charge in [0.25, 0.3) is 0 Å². The number of methoxy groups -OCH3 is 1. The second-order valence-electron chi connectivity index (χ2n) is 5.34. The molecule has 0 radical (unpaired) electrons. The molecule has 0 saturated carbocycles. The highest BCUT2D eigenvalue weighted by Gasteiger charge is 2.21. The highest BCUT2D eigenvalue weighted by molar-refractivity contribution is 5.82. The minimum Gasteiger partial charge on any atom is -0.497 e. The second kappa shape index (κ2) is 6.92. The van der Waals surface area contributed by atoms with Gasteiger partial charge in [-0.05, 0) is 18.9 Å². The van der Waals surface area contributed by atoms with Crippen molar-refractivity contribution >= 4 is 11.5 Å². The quantitative estimate of drug-likeness (QED) is 0.252. The van der Waals surface area contributed by atoms with Gasteiger partial charge in [-0.15, -0.1) is 0 Å². The molecule has 0 spiro atoms. The largest absolute Gasteiger partial charge is 0.497 e. The van der Waals surface area contributed by atoms with Crippen molar-refractivity contribution in [2.24, 2.45) is 11.1 Å². The number of ether oxygens (including phenoxy) is 2. The second-order valence-corrected chi connectivity index (χ2v) is 5.34. The topological polar surface area (TPSA) is 111 Å². The van der Waals surface area contributed by atoms with E-state index >= 15 is 0 Å². The summed E-state index contributed by atoms with van der Waals surface area (Å²) in [4.78, 5) is 10.5. The summed E-state index contributed by atoms with van der Waals surface area (Å²) in [5.74, 6) is 0.800. The molecule has 21 heavy (non-hydrogen) atoms. The fourth-order valence-corrected chi connectivity index (χ4v) is 1.72. The van der Waals surface area contributed by atoms with E-state index in [1.54, 1.807) is 0 Å². The lowest BCUT2D eigenvalue weighted by Gasteiger charge is -2.22. The van der Waals surface area contributed by atoms with E-state index in [9.17, 15) is 10.1 Å². The number of nitrogens with one attached hydrogen (secondary N) is 1. The molecule has 7 nitrogen and oxygen atoms in total. The van der Waals surface area contributed by atoms with Crippen molar-refractivity contribution < 1.29 is 14.4 Å². The predicted octanol–water partition coefficient (Wildman–Crippen LogP) is 2.72. The van der Waals surface area contributed by atoms with E-state index in [1.807, 2.05) is 13.8 Å². The third-order valence-electron chi connectivity index (χ3n) is 3.30. The van der Waals surface area contributed by atoms with Crippen molar-refractivity contribution in [2.75, 3.05) is 13.7 Å². The van der Waals surface area contributed by atoms with Gasteiger partial charge in [-0.2, -0.15) is 0 Å². The molecule has 0 bridgehead atoms. The van der Waals surface area contributed by atoms with Gasteiger partial charge < -0.3 is 15.2 Å². The van der Waals surface area contributed by atoms with Crippen LogP contribution in [0.25, 0.3) is 0 Å². The molecule has 0 saturated heterocycles. The van der Waals surface area contributed by atoms with Crippen LogP contribution in [0.2, 0.25) is 0 Å². The van der Waals surface area contributed by atoms with Crippen LogP contribution in [0.3, 0.4) is 0 Å². The maximum Gasteiger partial charge on any atom is 0.311 e. The molecule has 0 atom stereocenters. The number of nitrogens with zero attached hydrogens (tertiary/aromatic N) is 1. The van der Waals surface area contributed by atoms with Crippen LogP contribution in [0, 0.1) is 20.9 Å². The fraction of sp³-hybridized carbons (Fsp3) is 0.500. The average Bonchev–Trinajstić information content (AvgIpc) is 2.42. The van der Waals surface area contributed by atoms with Crippen molar-refractivity contribution in [2.45, 2.75) is 26.7 Å². The lowest BCUT2D eigenvalue weighted by molar-refractivity contribution is -0.385. The van der Waals surface area contributed by atoms with Crippen LogP contribution < -0.4 is 15.2 Å². The number of hydrogen-bond acceptors (Lipinski definition) is 5. The molecule has 0 fully saturated rings. The molecular weight excluding hydrogens is 274 g/mol. The van der Waals surface area contributed by atoms with Crippen LogP contribution in [0.15, 0.2) is 18.2 Å². The van der Waals surface area contributed by atoms with E-state index in [2.05, 4.69) is 0 Å². The van der Waals surface area contributed by atoms with Crippen LogP contribution in [-0.2, 0) is 0 Å². The first-order valence-electron chi connectivity index (χ1n) is 6.57. The third kappa shape index (κ3) is 4.62. The molecule has 0 amide bonds. The summed E-state index contributed by atoms with van der Waals surface area (Å²) in [5, 5.41) is 18.4. The maximum absolute atomic E-state index is 10.9. The summed E-state index contributed by atoms with van der Waals surface area (Å²) >= 11 is 0. The van der Waals surface area contributed by atoms with Gasteiger partial charge in [-0.1, -0.05) is 13.8 Å². The molecule has 0 unspecified atom stereocenters. The predicted molar refractivity (Wildman–Crippen MR) is 80.1 cm³/mol. The first kappa shape index (κ1) is 16.7. The van der Waals surface area contributed by atoms with Gasteiger partial charge in [0.15, 0.2) is 0 Å². The van der Waals surface area contributed by atoms with Crippen LogP contribution >= 0.6 is 0 Å². The Labute approximate surface area is 123 Å². The molecule has 0 aliphatic rings. The SMILES string of the molecule is COc1ccc([N+](=O)[O-])c(OCCCC(C)(C)C(=N)N)c1. The lowest BCUT2D eigenvalue weighted by atomic mass is 9.87. The Morgan fingerprint density at radius 2 is 2.14 bits per heavy atom. The van der Waals surface area contributed by atoms with Crippen LogP contribution in [0.5, 0.6) is 11.5 Å². The van der Waals surface area contributed by atoms with Gasteiger partial charge in [0.1, 0.15) is 5.75 Å². The number of hydrogen-bond donors (Lipinski definition) is 2. The highest BCUT2D eigenvalue weighted by atomic mass is 16.6. The van der Waals surface area contributed by atoms with Crippen molar-refractivity contribution in [3.05, 3.63) is 28.3 Å². The summed E-state index contributed by atoms with van der Waals surface area (Å²) in [6.07, 6.45) is 1.31. The first-order chi connectivity index (χ1) is 9.77. The molecule has 0 heterocycles. The summed E-state index contributed by atoms with van der Waals surface area (Å²) in [5.41, 5.74) is 5.01. The Morgan fingerprint density at radius 3 is 2.67 bits per heavy atom. The molecule has 1 rings (SSSR count). The summed E-state index contributed by atoms with van der Waals surface area (Å²) in [6, 6.07) is 4.37. The van der Waals surface area contributed by atoms with Crippen LogP contribution in [0.1, 0.15) is 26.7 Å². The normalized spacial score (nSPS) is 11.0. The molecule has 1 aromatic rings. The zero-order valence-corrected chi connectivity index (χ0v) is 12.5. The number of amidine groups is 1. The van der Waals surface area contributed by atoms with E-state index < -0.39 is 10.3 Å². The Kier molecular flexibility index (Phi) is 5.52. The molecule has 0 aliphatic carbocycles. The number of benzene rings is 1. The zero-order chi connectivity index (χ0) is 16.0. The summed E-state index contributed by atoms with van der Waals surface area (Å²) in [6.45, 7) is 4.07. The number of nitro benzene ring substituents is 1. The van der Waals surface area contributed by atoms with Gasteiger partial charge in [0.05, 0.1) is 24.5 Å². The Morgan fingerprint density at radius 1 is 1.48 bits per heavy atom. The maximum atomic E-state index is 10.9. The number of nitrogens with two attached hydrogens (primary N) is 1. The Bertz CT molecular complexity index is 529. The van der Waals surface area contributed by atoms with E-state index in [1.165, 1.54) is 25.3 Å². The van der Waals surface area contributed by atoms with Crippen molar-refractivity contribution in [3.8, 4) is 11.5 Å². The molecule has 0 aliphatic heterocycles. The fourth-order valence-electron chi connectivity index (χ4n) is 1.72. The van der Waals surface area contributed by atoms with Gasteiger partial charge in [-0.3, -0.25) is 15.5 Å². The van der Waals surface area contributed by atoms with E-state index in [4.69, 9.17) is 20.6 Å². The lowest BCUT2D eigenvalue weighted by Crippen LogP contribution is -2.31. The third-order valence-corrected chi connectivity index (χ3v) is 3.30. The first-order valence-corrected chi connectivity index (χ1v) is 6.57. The van der Waals surface area contributed by atoms with Crippen molar-refractivity contribution in [3.63, 3.8) is 0 Å². The molecule has 116 valence electrons. The van der Waals surface area contributed by atoms with Gasteiger partial charge >= 0.3 is 5.69 Å². The smallest absolute Gasteiger partial charge is 0.311 e. The van der Waals surface area contributed by atoms with E-state index in [0.29, 0.717) is 25.2 Å². The monoisotopic (exact) mass is 295 g/mol. The average molecular weight is 295 g/mol. The van der Waals surface area contributed by atoms with Crippen molar-refractivity contribution in [1.29, 1.82) is 5.41 Å². The molecular formula is C14H21N3O4. The number of rotatable bonds is 8. The Balaban J connectivity index is 2.66. The van der Waals surface area contributed by atoms with Crippen LogP contribution in [0.4, 0.5) is 5.69 Å². The van der Waals surface area contributed by atoms with Gasteiger partial charge in [0.2, 0.25) is 5.75 Å². The highest BCUT2D eigenvalue weighted by Crippen LogP contribution is 2.31. The molecule has 1 aromatic carbocycles. The van der Waals surface area contributed by atoms with Crippen molar-refractivity contribution in [1.82, 2.24) is 0 Å². The van der Waals surface area contributed by atoms with E-state index in [0.717, 1.165) is 0 Å². The Hall–Kier alpha value is -2.31. The zero-order valence-electron chi connectivity index (χ0n) is 12.5. The molecule has 3 N–H and O–H groups in total.